The molecule has 0 aliphatic rings. The molecule has 0 spiro atoms. The molecule has 18 heavy (non-hydrogen) atoms. The molecule has 2 rings (SSSR count). The highest BCUT2D eigenvalue weighted by molar-refractivity contribution is 5.20. The third kappa shape index (κ3) is 3.17. The average Bonchev–Trinajstić information content (AvgIpc) is 2.85. The van der Waals surface area contributed by atoms with Crippen LogP contribution < -0.4 is 5.32 Å². The van der Waals surface area contributed by atoms with Crippen LogP contribution in [0, 0.1) is 11.6 Å². The van der Waals surface area contributed by atoms with Gasteiger partial charge in [0.15, 0.2) is 11.6 Å². The van der Waals surface area contributed by atoms with Crippen molar-refractivity contribution in [2.75, 3.05) is 6.54 Å². The first kappa shape index (κ1) is 12.8. The zero-order chi connectivity index (χ0) is 13.0. The van der Waals surface area contributed by atoms with Gasteiger partial charge in [0.2, 0.25) is 0 Å². The smallest absolute Gasteiger partial charge is 0.159 e. The van der Waals surface area contributed by atoms with Crippen LogP contribution in [0.3, 0.4) is 0 Å². The van der Waals surface area contributed by atoms with Gasteiger partial charge in [0.25, 0.3) is 0 Å². The lowest BCUT2D eigenvalue weighted by molar-refractivity contribution is 0.481. The quantitative estimate of drug-likeness (QED) is 0.880. The van der Waals surface area contributed by atoms with Crippen LogP contribution in [0.25, 0.3) is 0 Å². The number of hydrogen-bond acceptors (Lipinski definition) is 2. The summed E-state index contributed by atoms with van der Waals surface area (Å²) in [6.45, 7) is 2.63. The van der Waals surface area contributed by atoms with E-state index in [4.69, 9.17) is 4.42 Å². The molecule has 0 radical (unpaired) electrons. The third-order valence-corrected chi connectivity index (χ3v) is 2.85. The summed E-state index contributed by atoms with van der Waals surface area (Å²) < 4.78 is 31.1. The fourth-order valence-electron chi connectivity index (χ4n) is 1.77. The van der Waals surface area contributed by atoms with Crippen LogP contribution in [-0.2, 0) is 6.42 Å². The molecule has 1 unspecified atom stereocenters. The molecule has 0 saturated carbocycles. The van der Waals surface area contributed by atoms with Gasteiger partial charge >= 0.3 is 0 Å². The first-order chi connectivity index (χ1) is 8.66. The second kappa shape index (κ2) is 5.78. The standard InChI is InChI=1S/C14H15F2NO/c1-10(11-4-5-13(15)14(16)9-11)17-7-6-12-3-2-8-18-12/h2-5,8-10,17H,6-7H2,1H3. The number of nitrogens with one attached hydrogen (secondary N) is 1. The first-order valence-corrected chi connectivity index (χ1v) is 5.87. The average molecular weight is 251 g/mol. The molecular formula is C14H15F2NO. The SMILES string of the molecule is CC(NCCc1ccco1)c1ccc(F)c(F)c1. The van der Waals surface area contributed by atoms with E-state index in [0.717, 1.165) is 23.8 Å². The Labute approximate surface area is 105 Å². The minimum Gasteiger partial charge on any atom is -0.469 e. The van der Waals surface area contributed by atoms with Crippen molar-refractivity contribution in [1.82, 2.24) is 5.32 Å². The van der Waals surface area contributed by atoms with Crippen molar-refractivity contribution in [2.24, 2.45) is 0 Å². The summed E-state index contributed by atoms with van der Waals surface area (Å²) in [6, 6.07) is 7.67. The van der Waals surface area contributed by atoms with Gasteiger partial charge in [0, 0.05) is 19.0 Å². The van der Waals surface area contributed by atoms with Crippen LogP contribution in [0.4, 0.5) is 8.78 Å². The Morgan fingerprint density at radius 2 is 2.06 bits per heavy atom. The van der Waals surface area contributed by atoms with E-state index in [-0.39, 0.29) is 6.04 Å². The van der Waals surface area contributed by atoms with E-state index in [0.29, 0.717) is 6.54 Å². The maximum absolute atomic E-state index is 13.1. The summed E-state index contributed by atoms with van der Waals surface area (Å²) in [5.74, 6) is -0.728. The second-order valence-corrected chi connectivity index (χ2v) is 4.18. The summed E-state index contributed by atoms with van der Waals surface area (Å²) in [7, 11) is 0. The third-order valence-electron chi connectivity index (χ3n) is 2.85. The van der Waals surface area contributed by atoms with Gasteiger partial charge in [-0.25, -0.2) is 8.78 Å². The van der Waals surface area contributed by atoms with Crippen LogP contribution in [-0.4, -0.2) is 6.54 Å². The number of furan rings is 1. The zero-order valence-electron chi connectivity index (χ0n) is 10.1. The molecule has 4 heteroatoms. The molecule has 0 fully saturated rings. The molecule has 0 amide bonds. The maximum Gasteiger partial charge on any atom is 0.159 e. The summed E-state index contributed by atoms with van der Waals surface area (Å²) >= 11 is 0. The summed E-state index contributed by atoms with van der Waals surface area (Å²) in [6.07, 6.45) is 2.40. The fraction of sp³-hybridized carbons (Fsp3) is 0.286. The fourth-order valence-corrected chi connectivity index (χ4v) is 1.77. The van der Waals surface area contributed by atoms with E-state index in [1.54, 1.807) is 12.3 Å². The predicted molar refractivity (Wildman–Crippen MR) is 65.2 cm³/mol. The molecule has 1 heterocycles. The molecule has 0 aliphatic heterocycles. The number of hydrogen-bond donors (Lipinski definition) is 1. The van der Waals surface area contributed by atoms with Gasteiger partial charge in [-0.1, -0.05) is 6.07 Å². The highest BCUT2D eigenvalue weighted by Crippen LogP contribution is 2.15. The molecule has 1 aromatic carbocycles. The minimum atomic E-state index is -0.818. The Morgan fingerprint density at radius 3 is 2.72 bits per heavy atom. The second-order valence-electron chi connectivity index (χ2n) is 4.18. The zero-order valence-corrected chi connectivity index (χ0v) is 10.1. The van der Waals surface area contributed by atoms with Crippen molar-refractivity contribution in [3.05, 3.63) is 59.6 Å². The van der Waals surface area contributed by atoms with E-state index in [1.807, 2.05) is 19.1 Å². The number of benzene rings is 1. The molecular weight excluding hydrogens is 236 g/mol. The minimum absolute atomic E-state index is 0.0323. The molecule has 96 valence electrons. The van der Waals surface area contributed by atoms with E-state index >= 15 is 0 Å². The van der Waals surface area contributed by atoms with Crippen molar-refractivity contribution in [2.45, 2.75) is 19.4 Å². The van der Waals surface area contributed by atoms with Crippen molar-refractivity contribution in [3.8, 4) is 0 Å². The Kier molecular flexibility index (Phi) is 4.10. The highest BCUT2D eigenvalue weighted by Gasteiger charge is 2.08. The maximum atomic E-state index is 13.1. The van der Waals surface area contributed by atoms with Crippen molar-refractivity contribution in [1.29, 1.82) is 0 Å². The summed E-state index contributed by atoms with van der Waals surface area (Å²) in [5, 5.41) is 3.23. The molecule has 0 bridgehead atoms. The van der Waals surface area contributed by atoms with Gasteiger partial charge in [-0.2, -0.15) is 0 Å². The summed E-state index contributed by atoms with van der Waals surface area (Å²) in [4.78, 5) is 0. The van der Waals surface area contributed by atoms with Crippen molar-refractivity contribution >= 4 is 0 Å². The lowest BCUT2D eigenvalue weighted by Gasteiger charge is -2.13. The van der Waals surface area contributed by atoms with Crippen LogP contribution >= 0.6 is 0 Å². The van der Waals surface area contributed by atoms with E-state index in [2.05, 4.69) is 5.32 Å². The Hall–Kier alpha value is -1.68. The van der Waals surface area contributed by atoms with Gasteiger partial charge in [-0.05, 0) is 36.8 Å². The Morgan fingerprint density at radius 1 is 1.22 bits per heavy atom. The molecule has 0 saturated heterocycles. The molecule has 2 aromatic rings. The van der Waals surface area contributed by atoms with E-state index in [9.17, 15) is 8.78 Å². The monoisotopic (exact) mass is 251 g/mol. The van der Waals surface area contributed by atoms with Gasteiger partial charge in [-0.3, -0.25) is 0 Å². The first-order valence-electron chi connectivity index (χ1n) is 5.87. The molecule has 1 N–H and O–H groups in total. The lowest BCUT2D eigenvalue weighted by Crippen LogP contribution is -2.21. The lowest BCUT2D eigenvalue weighted by atomic mass is 10.1. The normalized spacial score (nSPS) is 12.6. The van der Waals surface area contributed by atoms with Gasteiger partial charge in [-0.15, -0.1) is 0 Å². The van der Waals surface area contributed by atoms with Crippen LogP contribution in [0.1, 0.15) is 24.3 Å². The topological polar surface area (TPSA) is 25.2 Å². The van der Waals surface area contributed by atoms with Crippen LogP contribution in [0.2, 0.25) is 0 Å². The van der Waals surface area contributed by atoms with Crippen LogP contribution in [0.5, 0.6) is 0 Å². The molecule has 1 atom stereocenters. The van der Waals surface area contributed by atoms with Gasteiger partial charge < -0.3 is 9.73 Å². The summed E-state index contributed by atoms with van der Waals surface area (Å²) in [5.41, 5.74) is 0.730. The Bertz CT molecular complexity index is 497. The van der Waals surface area contributed by atoms with E-state index in [1.165, 1.54) is 6.07 Å². The van der Waals surface area contributed by atoms with Crippen molar-refractivity contribution in [3.63, 3.8) is 0 Å². The number of rotatable bonds is 5. The molecule has 1 aromatic heterocycles. The Balaban J connectivity index is 1.87. The highest BCUT2D eigenvalue weighted by atomic mass is 19.2. The molecule has 0 aliphatic carbocycles. The van der Waals surface area contributed by atoms with Gasteiger partial charge in [0.05, 0.1) is 6.26 Å². The molecule has 2 nitrogen and oxygen atoms in total. The van der Waals surface area contributed by atoms with E-state index < -0.39 is 11.6 Å². The predicted octanol–water partition coefficient (Wildman–Crippen LogP) is 3.45. The van der Waals surface area contributed by atoms with Crippen LogP contribution in [0.15, 0.2) is 41.0 Å². The number of halogens is 2. The van der Waals surface area contributed by atoms with Gasteiger partial charge in [0.1, 0.15) is 5.76 Å². The largest absolute Gasteiger partial charge is 0.469 e. The van der Waals surface area contributed by atoms with Crippen molar-refractivity contribution < 1.29 is 13.2 Å².